The second kappa shape index (κ2) is 5.48. The Morgan fingerprint density at radius 2 is 2.38 bits per heavy atom. The van der Waals surface area contributed by atoms with E-state index in [1.807, 2.05) is 19.2 Å². The number of furan rings is 1. The maximum Gasteiger partial charge on any atom is 0.117 e. The minimum atomic E-state index is 0.605. The smallest absolute Gasteiger partial charge is 0.117 e. The molecule has 0 saturated carbocycles. The highest BCUT2D eigenvalue weighted by atomic mass is 16.3. The highest BCUT2D eigenvalue weighted by Crippen LogP contribution is 2.11. The summed E-state index contributed by atoms with van der Waals surface area (Å²) in [4.78, 5) is 4.88. The molecule has 2 heterocycles. The highest BCUT2D eigenvalue weighted by Gasteiger charge is 2.23. The van der Waals surface area contributed by atoms with Crippen LogP contribution in [0.3, 0.4) is 0 Å². The molecule has 1 unspecified atom stereocenters. The molecule has 0 aromatic carbocycles. The van der Waals surface area contributed by atoms with Gasteiger partial charge in [0.1, 0.15) is 5.76 Å². The van der Waals surface area contributed by atoms with Crippen LogP contribution < -0.4 is 5.32 Å². The average molecular weight is 223 g/mol. The molecule has 1 aliphatic rings. The van der Waals surface area contributed by atoms with Crippen LogP contribution in [-0.2, 0) is 6.54 Å². The third-order valence-electron chi connectivity index (χ3n) is 3.26. The Morgan fingerprint density at radius 1 is 1.50 bits per heavy atom. The molecule has 0 amide bonds. The predicted octanol–water partition coefficient (Wildman–Crippen LogP) is 0.615. The van der Waals surface area contributed by atoms with Crippen molar-refractivity contribution in [2.45, 2.75) is 12.6 Å². The van der Waals surface area contributed by atoms with Gasteiger partial charge in [0.2, 0.25) is 0 Å². The first-order valence-corrected chi connectivity index (χ1v) is 5.89. The van der Waals surface area contributed by atoms with Crippen molar-refractivity contribution >= 4 is 0 Å². The summed E-state index contributed by atoms with van der Waals surface area (Å²) in [5.74, 6) is 1.06. The Balaban J connectivity index is 1.87. The Morgan fingerprint density at radius 3 is 3.06 bits per heavy atom. The molecule has 4 heteroatoms. The quantitative estimate of drug-likeness (QED) is 0.810. The van der Waals surface area contributed by atoms with Gasteiger partial charge in [0, 0.05) is 32.2 Å². The number of piperazine rings is 1. The zero-order valence-electron chi connectivity index (χ0n) is 10.1. The molecule has 16 heavy (non-hydrogen) atoms. The number of likely N-dealkylation sites (N-methyl/N-ethyl adjacent to an activating group) is 2. The van der Waals surface area contributed by atoms with E-state index in [4.69, 9.17) is 4.42 Å². The van der Waals surface area contributed by atoms with E-state index >= 15 is 0 Å². The van der Waals surface area contributed by atoms with Crippen molar-refractivity contribution in [3.8, 4) is 0 Å². The highest BCUT2D eigenvalue weighted by molar-refractivity contribution is 4.98. The van der Waals surface area contributed by atoms with Gasteiger partial charge in [-0.2, -0.15) is 0 Å². The van der Waals surface area contributed by atoms with Crippen molar-refractivity contribution in [3.05, 3.63) is 24.2 Å². The van der Waals surface area contributed by atoms with Crippen molar-refractivity contribution in [1.82, 2.24) is 15.1 Å². The van der Waals surface area contributed by atoms with Gasteiger partial charge in [0.25, 0.3) is 0 Å². The summed E-state index contributed by atoms with van der Waals surface area (Å²) in [5.41, 5.74) is 0. The lowest BCUT2D eigenvalue weighted by Gasteiger charge is -2.39. The first-order chi connectivity index (χ1) is 7.79. The Hall–Kier alpha value is -0.840. The fraction of sp³-hybridized carbons (Fsp3) is 0.667. The molecule has 1 fully saturated rings. The van der Waals surface area contributed by atoms with Gasteiger partial charge in [-0.15, -0.1) is 0 Å². The summed E-state index contributed by atoms with van der Waals surface area (Å²) in [6.45, 7) is 5.34. The fourth-order valence-corrected chi connectivity index (χ4v) is 2.23. The van der Waals surface area contributed by atoms with Crippen LogP contribution in [0.2, 0.25) is 0 Å². The number of nitrogens with zero attached hydrogens (tertiary/aromatic N) is 2. The third-order valence-corrected chi connectivity index (χ3v) is 3.26. The molecule has 2 rings (SSSR count). The molecule has 90 valence electrons. The van der Waals surface area contributed by atoms with Crippen LogP contribution >= 0.6 is 0 Å². The standard InChI is InChI=1S/C12H21N3O/c1-13-8-11-9-15(6-5-14(11)2)10-12-4-3-7-16-12/h3-4,7,11,13H,5-6,8-10H2,1-2H3. The van der Waals surface area contributed by atoms with E-state index < -0.39 is 0 Å². The van der Waals surface area contributed by atoms with Crippen LogP contribution in [0.1, 0.15) is 5.76 Å². The van der Waals surface area contributed by atoms with E-state index in [-0.39, 0.29) is 0 Å². The molecule has 0 spiro atoms. The van der Waals surface area contributed by atoms with Gasteiger partial charge < -0.3 is 9.73 Å². The molecular weight excluding hydrogens is 202 g/mol. The summed E-state index contributed by atoms with van der Waals surface area (Å²) in [7, 11) is 4.21. The van der Waals surface area contributed by atoms with E-state index in [1.54, 1.807) is 6.26 Å². The number of hydrogen-bond acceptors (Lipinski definition) is 4. The van der Waals surface area contributed by atoms with Gasteiger partial charge in [0.15, 0.2) is 0 Å². The normalized spacial score (nSPS) is 23.8. The second-order valence-corrected chi connectivity index (χ2v) is 4.51. The van der Waals surface area contributed by atoms with Gasteiger partial charge in [-0.1, -0.05) is 0 Å². The Bertz CT molecular complexity index is 299. The van der Waals surface area contributed by atoms with Crippen molar-refractivity contribution in [2.75, 3.05) is 40.3 Å². The van der Waals surface area contributed by atoms with E-state index in [1.165, 1.54) is 0 Å². The van der Waals surface area contributed by atoms with Crippen LogP contribution in [0.4, 0.5) is 0 Å². The van der Waals surface area contributed by atoms with Crippen LogP contribution in [0.25, 0.3) is 0 Å². The molecule has 1 aliphatic heterocycles. The molecule has 4 nitrogen and oxygen atoms in total. The molecule has 0 aliphatic carbocycles. The summed E-state index contributed by atoms with van der Waals surface area (Å²) in [6, 6.07) is 4.61. The summed E-state index contributed by atoms with van der Waals surface area (Å²) >= 11 is 0. The number of nitrogens with one attached hydrogen (secondary N) is 1. The SMILES string of the molecule is CNCC1CN(Cc2ccco2)CCN1C. The summed E-state index contributed by atoms with van der Waals surface area (Å²) < 4.78 is 5.39. The average Bonchev–Trinajstić information content (AvgIpc) is 2.76. The minimum absolute atomic E-state index is 0.605. The lowest BCUT2D eigenvalue weighted by atomic mass is 10.1. The van der Waals surface area contributed by atoms with Gasteiger partial charge in [-0.3, -0.25) is 9.80 Å². The molecule has 1 saturated heterocycles. The Labute approximate surface area is 97.2 Å². The zero-order valence-corrected chi connectivity index (χ0v) is 10.1. The number of hydrogen-bond donors (Lipinski definition) is 1. The maximum atomic E-state index is 5.39. The second-order valence-electron chi connectivity index (χ2n) is 4.51. The first kappa shape index (κ1) is 11.6. The lowest BCUT2D eigenvalue weighted by molar-refractivity contribution is 0.0861. The largest absolute Gasteiger partial charge is 0.468 e. The van der Waals surface area contributed by atoms with E-state index in [0.717, 1.165) is 38.5 Å². The summed E-state index contributed by atoms with van der Waals surface area (Å²) in [5, 5.41) is 3.26. The molecule has 0 bridgehead atoms. The van der Waals surface area contributed by atoms with Crippen LogP contribution in [0, 0.1) is 0 Å². The van der Waals surface area contributed by atoms with Crippen LogP contribution in [-0.4, -0.2) is 56.1 Å². The summed E-state index contributed by atoms with van der Waals surface area (Å²) in [6.07, 6.45) is 1.75. The van der Waals surface area contributed by atoms with Gasteiger partial charge >= 0.3 is 0 Å². The molecular formula is C12H21N3O. The minimum Gasteiger partial charge on any atom is -0.468 e. The van der Waals surface area contributed by atoms with Crippen LogP contribution in [0.15, 0.2) is 22.8 Å². The zero-order chi connectivity index (χ0) is 11.4. The van der Waals surface area contributed by atoms with E-state index in [0.29, 0.717) is 6.04 Å². The molecule has 0 radical (unpaired) electrons. The molecule has 1 aromatic heterocycles. The number of rotatable bonds is 4. The van der Waals surface area contributed by atoms with E-state index in [9.17, 15) is 0 Å². The molecule has 1 N–H and O–H groups in total. The van der Waals surface area contributed by atoms with Gasteiger partial charge in [0.05, 0.1) is 12.8 Å². The van der Waals surface area contributed by atoms with Crippen LogP contribution in [0.5, 0.6) is 0 Å². The van der Waals surface area contributed by atoms with Crippen molar-refractivity contribution in [3.63, 3.8) is 0 Å². The van der Waals surface area contributed by atoms with E-state index in [2.05, 4.69) is 22.2 Å². The molecule has 1 atom stereocenters. The van der Waals surface area contributed by atoms with Gasteiger partial charge in [-0.25, -0.2) is 0 Å². The molecule has 1 aromatic rings. The predicted molar refractivity (Wildman–Crippen MR) is 64.3 cm³/mol. The topological polar surface area (TPSA) is 31.6 Å². The van der Waals surface area contributed by atoms with Crippen molar-refractivity contribution in [1.29, 1.82) is 0 Å². The fourth-order valence-electron chi connectivity index (χ4n) is 2.23. The first-order valence-electron chi connectivity index (χ1n) is 5.89. The Kier molecular flexibility index (Phi) is 3.98. The third kappa shape index (κ3) is 2.84. The monoisotopic (exact) mass is 223 g/mol. The van der Waals surface area contributed by atoms with Crippen molar-refractivity contribution in [2.24, 2.45) is 0 Å². The lowest BCUT2D eigenvalue weighted by Crippen LogP contribution is -2.54. The maximum absolute atomic E-state index is 5.39. The van der Waals surface area contributed by atoms with Gasteiger partial charge in [-0.05, 0) is 26.2 Å². The van der Waals surface area contributed by atoms with Crippen molar-refractivity contribution < 1.29 is 4.42 Å².